The highest BCUT2D eigenvalue weighted by Gasteiger charge is 2.19. The molecule has 142 valence electrons. The average molecular weight is 379 g/mol. The van der Waals surface area contributed by atoms with Crippen molar-refractivity contribution in [1.29, 1.82) is 0 Å². The van der Waals surface area contributed by atoms with Crippen LogP contribution >= 0.6 is 11.3 Å². The Balaban J connectivity index is 2.12. The van der Waals surface area contributed by atoms with Crippen LogP contribution in [-0.4, -0.2) is 41.2 Å². The molecule has 1 aromatic carbocycles. The van der Waals surface area contributed by atoms with E-state index in [2.05, 4.69) is 4.98 Å². The molecule has 0 bridgehead atoms. The summed E-state index contributed by atoms with van der Waals surface area (Å²) in [6.07, 6.45) is 1.42. The molecule has 26 heavy (non-hydrogen) atoms. The summed E-state index contributed by atoms with van der Waals surface area (Å²) in [5.74, 6) is 0.162. The maximum Gasteiger partial charge on any atom is 0.306 e. The van der Waals surface area contributed by atoms with Crippen LogP contribution in [0.15, 0.2) is 12.1 Å². The van der Waals surface area contributed by atoms with Crippen molar-refractivity contribution < 1.29 is 24.2 Å². The second kappa shape index (κ2) is 8.60. The Kier molecular flexibility index (Phi) is 6.72. The van der Waals surface area contributed by atoms with Gasteiger partial charge in [-0.2, -0.15) is 0 Å². The van der Waals surface area contributed by atoms with Gasteiger partial charge in [0.25, 0.3) is 0 Å². The number of nitrogens with zero attached hydrogens (tertiary/aromatic N) is 1. The number of hydrogen-bond donors (Lipinski definition) is 1. The van der Waals surface area contributed by atoms with Crippen LogP contribution in [0.4, 0.5) is 0 Å². The third-order valence-corrected chi connectivity index (χ3v) is 4.67. The van der Waals surface area contributed by atoms with E-state index in [-0.39, 0.29) is 31.2 Å². The van der Waals surface area contributed by atoms with E-state index >= 15 is 0 Å². The lowest BCUT2D eigenvalue weighted by Crippen LogP contribution is -2.24. The van der Waals surface area contributed by atoms with Gasteiger partial charge in [-0.05, 0) is 51.3 Å². The van der Waals surface area contributed by atoms with Crippen molar-refractivity contribution in [2.45, 2.75) is 52.1 Å². The molecular formula is C19H25NO5S. The highest BCUT2D eigenvalue weighted by Crippen LogP contribution is 2.31. The summed E-state index contributed by atoms with van der Waals surface area (Å²) >= 11 is 1.29. The standard InChI is InChI=1S/C19H25NO5S/c1-19(2,3)25-17(23)8-7-14(22)18-20-13-10-12(6-5-9-21)15(24-4)11-16(13)26-18/h10-11,21H,5-9H2,1-4H3. The van der Waals surface area contributed by atoms with Crippen molar-refractivity contribution in [2.75, 3.05) is 13.7 Å². The highest BCUT2D eigenvalue weighted by atomic mass is 32.1. The van der Waals surface area contributed by atoms with Gasteiger partial charge < -0.3 is 14.6 Å². The van der Waals surface area contributed by atoms with Crippen molar-refractivity contribution in [1.82, 2.24) is 4.98 Å². The Morgan fingerprint density at radius 3 is 2.58 bits per heavy atom. The summed E-state index contributed by atoms with van der Waals surface area (Å²) < 4.78 is 11.5. The third-order valence-electron chi connectivity index (χ3n) is 3.61. The fraction of sp³-hybridized carbons (Fsp3) is 0.526. The van der Waals surface area contributed by atoms with Crippen molar-refractivity contribution in [2.24, 2.45) is 0 Å². The lowest BCUT2D eigenvalue weighted by atomic mass is 10.1. The number of aliphatic hydroxyl groups is 1. The third kappa shape index (κ3) is 5.51. The predicted octanol–water partition coefficient (Wildman–Crippen LogP) is 3.53. The molecule has 0 unspecified atom stereocenters. The molecule has 0 saturated carbocycles. The molecule has 1 aromatic heterocycles. The highest BCUT2D eigenvalue weighted by molar-refractivity contribution is 7.20. The number of fused-ring (bicyclic) bond motifs is 1. The molecule has 7 heteroatoms. The van der Waals surface area contributed by atoms with Crippen molar-refractivity contribution in [3.8, 4) is 5.75 Å². The van der Waals surface area contributed by atoms with Gasteiger partial charge in [-0.25, -0.2) is 4.98 Å². The second-order valence-electron chi connectivity index (χ2n) is 6.99. The molecule has 2 aromatic rings. The first-order valence-corrected chi connectivity index (χ1v) is 9.38. The first-order valence-electron chi connectivity index (χ1n) is 8.57. The quantitative estimate of drug-likeness (QED) is 0.558. The first-order chi connectivity index (χ1) is 12.2. The van der Waals surface area contributed by atoms with Crippen molar-refractivity contribution in [3.05, 3.63) is 22.7 Å². The second-order valence-corrected chi connectivity index (χ2v) is 8.02. The fourth-order valence-corrected chi connectivity index (χ4v) is 3.43. The van der Waals surface area contributed by atoms with Gasteiger partial charge in [-0.3, -0.25) is 9.59 Å². The van der Waals surface area contributed by atoms with E-state index in [4.69, 9.17) is 14.6 Å². The lowest BCUT2D eigenvalue weighted by Gasteiger charge is -2.19. The molecule has 0 spiro atoms. The molecule has 0 amide bonds. The van der Waals surface area contributed by atoms with Crippen LogP contribution < -0.4 is 4.74 Å². The zero-order chi connectivity index (χ0) is 19.3. The predicted molar refractivity (Wildman–Crippen MR) is 101 cm³/mol. The van der Waals surface area contributed by atoms with Gasteiger partial charge in [-0.1, -0.05) is 0 Å². The fourth-order valence-electron chi connectivity index (χ4n) is 2.49. The number of carbonyl (C=O) groups is 2. The van der Waals surface area contributed by atoms with E-state index in [0.29, 0.717) is 17.8 Å². The Hall–Kier alpha value is -1.99. The molecule has 6 nitrogen and oxygen atoms in total. The average Bonchev–Trinajstić information content (AvgIpc) is 2.98. The monoisotopic (exact) mass is 379 g/mol. The largest absolute Gasteiger partial charge is 0.496 e. The number of hydrogen-bond acceptors (Lipinski definition) is 7. The zero-order valence-corrected chi connectivity index (χ0v) is 16.4. The van der Waals surface area contributed by atoms with E-state index < -0.39 is 5.60 Å². The topological polar surface area (TPSA) is 85.7 Å². The Bertz CT molecular complexity index is 791. The van der Waals surface area contributed by atoms with Gasteiger partial charge in [0.1, 0.15) is 11.4 Å². The van der Waals surface area contributed by atoms with E-state index in [9.17, 15) is 9.59 Å². The van der Waals surface area contributed by atoms with Gasteiger partial charge in [0.2, 0.25) is 0 Å². The van der Waals surface area contributed by atoms with Crippen LogP contribution in [-0.2, 0) is 16.0 Å². The maximum atomic E-state index is 12.4. The number of aliphatic hydroxyl groups excluding tert-OH is 1. The molecule has 1 heterocycles. The van der Waals surface area contributed by atoms with E-state index in [1.165, 1.54) is 11.3 Å². The number of ketones is 1. The number of Topliss-reactive ketones (excluding diaryl/α,β-unsaturated/α-hetero) is 1. The van der Waals surface area contributed by atoms with Crippen molar-refractivity contribution in [3.63, 3.8) is 0 Å². The van der Waals surface area contributed by atoms with Crippen LogP contribution in [0.5, 0.6) is 5.75 Å². The number of aromatic nitrogens is 1. The summed E-state index contributed by atoms with van der Waals surface area (Å²) in [6.45, 7) is 5.48. The normalized spacial score (nSPS) is 11.6. The molecule has 0 aliphatic carbocycles. The molecule has 1 N–H and O–H groups in total. The minimum absolute atomic E-state index is 0.0388. The molecule has 0 fully saturated rings. The Morgan fingerprint density at radius 2 is 1.96 bits per heavy atom. The van der Waals surface area contributed by atoms with Gasteiger partial charge in [0.15, 0.2) is 10.8 Å². The van der Waals surface area contributed by atoms with Crippen LogP contribution in [0.3, 0.4) is 0 Å². The van der Waals surface area contributed by atoms with Crippen LogP contribution in [0.1, 0.15) is 55.4 Å². The number of thiazole rings is 1. The van der Waals surface area contributed by atoms with Gasteiger partial charge in [0, 0.05) is 13.0 Å². The van der Waals surface area contributed by atoms with Crippen molar-refractivity contribution >= 4 is 33.3 Å². The first kappa shape index (κ1) is 20.3. The van der Waals surface area contributed by atoms with Crippen LogP contribution in [0.2, 0.25) is 0 Å². The summed E-state index contributed by atoms with van der Waals surface area (Å²) in [6, 6.07) is 3.76. The number of ether oxygens (including phenoxy) is 2. The summed E-state index contributed by atoms with van der Waals surface area (Å²) in [7, 11) is 1.59. The van der Waals surface area contributed by atoms with Gasteiger partial charge in [0.05, 0.1) is 23.7 Å². The molecule has 2 rings (SSSR count). The number of esters is 1. The Labute approximate surface area is 157 Å². The maximum absolute atomic E-state index is 12.4. The number of aryl methyl sites for hydroxylation is 1. The summed E-state index contributed by atoms with van der Waals surface area (Å²) in [5.41, 5.74) is 1.12. The van der Waals surface area contributed by atoms with Gasteiger partial charge in [-0.15, -0.1) is 11.3 Å². The number of benzene rings is 1. The Morgan fingerprint density at radius 1 is 1.23 bits per heavy atom. The molecular weight excluding hydrogens is 354 g/mol. The van der Waals surface area contributed by atoms with Crippen LogP contribution in [0, 0.1) is 0 Å². The SMILES string of the molecule is COc1cc2sc(C(=O)CCC(=O)OC(C)(C)C)nc2cc1CCCO. The number of methoxy groups -OCH3 is 1. The van der Waals surface area contributed by atoms with Gasteiger partial charge >= 0.3 is 5.97 Å². The lowest BCUT2D eigenvalue weighted by molar-refractivity contribution is -0.154. The smallest absolute Gasteiger partial charge is 0.306 e. The minimum Gasteiger partial charge on any atom is -0.496 e. The summed E-state index contributed by atoms with van der Waals surface area (Å²) in [4.78, 5) is 28.5. The summed E-state index contributed by atoms with van der Waals surface area (Å²) in [5, 5.41) is 9.40. The molecule has 0 aliphatic heterocycles. The molecule has 0 atom stereocenters. The van der Waals surface area contributed by atoms with E-state index in [0.717, 1.165) is 21.5 Å². The number of rotatable bonds is 8. The molecule has 0 aliphatic rings. The zero-order valence-electron chi connectivity index (χ0n) is 15.6. The molecule has 0 saturated heterocycles. The molecule has 0 radical (unpaired) electrons. The minimum atomic E-state index is -0.558. The van der Waals surface area contributed by atoms with E-state index in [1.54, 1.807) is 27.9 Å². The van der Waals surface area contributed by atoms with Crippen LogP contribution in [0.25, 0.3) is 10.2 Å². The number of carbonyl (C=O) groups excluding carboxylic acids is 2. The van der Waals surface area contributed by atoms with E-state index in [1.807, 2.05) is 12.1 Å².